The number of hydrogen-bond acceptors (Lipinski definition) is 4. The smallest absolute Gasteiger partial charge is 0.246 e. The number of carbonyl (C=O) groups excluding carboxylic acids is 1. The number of hydrogen-bond donors (Lipinski definition) is 1. The number of halogens is 1. The van der Waals surface area contributed by atoms with Crippen LogP contribution in [0.25, 0.3) is 22.4 Å². The molecule has 0 aliphatic carbocycles. The monoisotopic (exact) mass is 393 g/mol. The van der Waals surface area contributed by atoms with Gasteiger partial charge < -0.3 is 0 Å². The van der Waals surface area contributed by atoms with Gasteiger partial charge >= 0.3 is 0 Å². The van der Waals surface area contributed by atoms with Gasteiger partial charge in [0.05, 0.1) is 18.7 Å². The van der Waals surface area contributed by atoms with E-state index in [1.165, 1.54) is 12.1 Å². The fourth-order valence-corrected chi connectivity index (χ4v) is 3.39. The zero-order valence-corrected chi connectivity index (χ0v) is 16.8. The van der Waals surface area contributed by atoms with Gasteiger partial charge in [0.15, 0.2) is 5.82 Å². The number of anilines is 1. The van der Waals surface area contributed by atoms with Gasteiger partial charge in [-0.1, -0.05) is 20.8 Å². The van der Waals surface area contributed by atoms with Crippen LogP contribution in [0.15, 0.2) is 48.8 Å². The molecule has 0 saturated heterocycles. The summed E-state index contributed by atoms with van der Waals surface area (Å²) >= 11 is 0. The summed E-state index contributed by atoms with van der Waals surface area (Å²) < 4.78 is 15.3. The molecule has 0 fully saturated rings. The third-order valence-electron chi connectivity index (χ3n) is 5.52. The molecule has 0 bridgehead atoms. The SMILES string of the molecule is CCC(C)(C)C(=O)N1CCn2nc(-c3ccc(F)cc3)c(-c3ccncc3)c2N1. The number of amides is 1. The molecule has 1 aliphatic rings. The highest BCUT2D eigenvalue weighted by atomic mass is 19.1. The molecule has 2 aromatic heterocycles. The quantitative estimate of drug-likeness (QED) is 0.716. The van der Waals surface area contributed by atoms with Gasteiger partial charge in [0, 0.05) is 23.4 Å². The maximum atomic E-state index is 13.4. The van der Waals surface area contributed by atoms with Crippen LogP contribution in [0.3, 0.4) is 0 Å². The predicted molar refractivity (Wildman–Crippen MR) is 110 cm³/mol. The Labute approximate surface area is 169 Å². The van der Waals surface area contributed by atoms with Gasteiger partial charge in [-0.25, -0.2) is 9.07 Å². The lowest BCUT2D eigenvalue weighted by Crippen LogP contribution is -2.48. The minimum atomic E-state index is -0.453. The van der Waals surface area contributed by atoms with Crippen molar-refractivity contribution in [1.82, 2.24) is 19.8 Å². The highest BCUT2D eigenvalue weighted by Crippen LogP contribution is 2.39. The van der Waals surface area contributed by atoms with Gasteiger partial charge in [-0.3, -0.25) is 20.2 Å². The number of pyridine rings is 1. The Hall–Kier alpha value is -3.22. The van der Waals surface area contributed by atoms with Crippen molar-refractivity contribution in [3.63, 3.8) is 0 Å². The van der Waals surface area contributed by atoms with Gasteiger partial charge in [0.2, 0.25) is 5.91 Å². The van der Waals surface area contributed by atoms with E-state index in [2.05, 4.69) is 10.4 Å². The van der Waals surface area contributed by atoms with E-state index in [-0.39, 0.29) is 11.7 Å². The fourth-order valence-electron chi connectivity index (χ4n) is 3.39. The normalized spacial score (nSPS) is 13.7. The molecule has 1 aromatic carbocycles. The van der Waals surface area contributed by atoms with Gasteiger partial charge in [0.1, 0.15) is 11.5 Å². The maximum Gasteiger partial charge on any atom is 0.246 e. The van der Waals surface area contributed by atoms with Crippen molar-refractivity contribution in [2.75, 3.05) is 12.0 Å². The molecule has 0 radical (unpaired) electrons. The summed E-state index contributed by atoms with van der Waals surface area (Å²) in [6, 6.07) is 10.1. The van der Waals surface area contributed by atoms with E-state index in [1.54, 1.807) is 29.5 Å². The lowest BCUT2D eigenvalue weighted by molar-refractivity contribution is -0.139. The number of fused-ring (bicyclic) bond motifs is 1. The Kier molecular flexibility index (Phi) is 4.82. The van der Waals surface area contributed by atoms with E-state index < -0.39 is 5.41 Å². The molecule has 0 spiro atoms. The first-order chi connectivity index (χ1) is 13.9. The second-order valence-electron chi connectivity index (χ2n) is 7.84. The Bertz CT molecular complexity index is 1030. The van der Waals surface area contributed by atoms with Crippen LogP contribution in [-0.4, -0.2) is 32.2 Å². The van der Waals surface area contributed by atoms with Crippen molar-refractivity contribution in [2.24, 2.45) is 5.41 Å². The van der Waals surface area contributed by atoms with Crippen LogP contribution in [0.4, 0.5) is 10.2 Å². The van der Waals surface area contributed by atoms with Crippen LogP contribution in [0, 0.1) is 11.2 Å². The Morgan fingerprint density at radius 2 is 1.79 bits per heavy atom. The van der Waals surface area contributed by atoms with Crippen molar-refractivity contribution < 1.29 is 9.18 Å². The number of nitrogens with one attached hydrogen (secondary N) is 1. The van der Waals surface area contributed by atoms with Gasteiger partial charge in [-0.15, -0.1) is 0 Å². The van der Waals surface area contributed by atoms with Crippen molar-refractivity contribution >= 4 is 11.7 Å². The zero-order chi connectivity index (χ0) is 20.6. The fraction of sp³-hybridized carbons (Fsp3) is 0.318. The predicted octanol–water partition coefficient (Wildman–Crippen LogP) is 4.36. The second kappa shape index (κ2) is 7.31. The average Bonchev–Trinajstić information content (AvgIpc) is 3.13. The molecule has 1 N–H and O–H groups in total. The van der Waals surface area contributed by atoms with E-state index in [4.69, 9.17) is 5.10 Å². The molecular weight excluding hydrogens is 369 g/mol. The summed E-state index contributed by atoms with van der Waals surface area (Å²) in [7, 11) is 0. The Balaban J connectivity index is 1.81. The standard InChI is InChI=1S/C22H24FN5O/c1-4-22(2,3)21(29)28-14-13-27-20(26-28)18(15-9-11-24-12-10-15)19(25-27)16-5-7-17(23)8-6-16/h5-12,26H,4,13-14H2,1-3H3. The summed E-state index contributed by atoms with van der Waals surface area (Å²) in [6.07, 6.45) is 4.20. The van der Waals surface area contributed by atoms with Crippen molar-refractivity contribution in [3.05, 3.63) is 54.6 Å². The first kappa shape index (κ1) is 19.1. The van der Waals surface area contributed by atoms with Crippen molar-refractivity contribution in [1.29, 1.82) is 0 Å². The third-order valence-corrected chi connectivity index (χ3v) is 5.52. The van der Waals surface area contributed by atoms with Crippen LogP contribution < -0.4 is 5.43 Å². The van der Waals surface area contributed by atoms with Gasteiger partial charge in [0.25, 0.3) is 0 Å². The molecule has 150 valence electrons. The van der Waals surface area contributed by atoms with Crippen LogP contribution in [0.2, 0.25) is 0 Å². The lowest BCUT2D eigenvalue weighted by Gasteiger charge is -2.35. The van der Waals surface area contributed by atoms with Crippen LogP contribution in [0.1, 0.15) is 27.2 Å². The zero-order valence-electron chi connectivity index (χ0n) is 16.8. The largest absolute Gasteiger partial charge is 0.279 e. The number of rotatable bonds is 4. The average molecular weight is 393 g/mol. The van der Waals surface area contributed by atoms with E-state index in [0.29, 0.717) is 13.1 Å². The highest BCUT2D eigenvalue weighted by molar-refractivity contribution is 5.91. The molecule has 3 aromatic rings. The summed E-state index contributed by atoms with van der Waals surface area (Å²) in [6.45, 7) is 7.02. The number of aromatic nitrogens is 3. The van der Waals surface area contributed by atoms with Crippen molar-refractivity contribution in [2.45, 2.75) is 33.7 Å². The number of carbonyl (C=O) groups is 1. The summed E-state index contributed by atoms with van der Waals surface area (Å²) in [5.74, 6) is 0.512. The summed E-state index contributed by atoms with van der Waals surface area (Å²) in [5, 5.41) is 6.46. The molecule has 29 heavy (non-hydrogen) atoms. The Morgan fingerprint density at radius 1 is 1.10 bits per heavy atom. The minimum Gasteiger partial charge on any atom is -0.279 e. The molecule has 0 unspecified atom stereocenters. The van der Waals surface area contributed by atoms with Crippen LogP contribution >= 0.6 is 0 Å². The summed E-state index contributed by atoms with van der Waals surface area (Å²) in [5.41, 5.74) is 6.19. The third kappa shape index (κ3) is 3.48. The molecule has 0 atom stereocenters. The van der Waals surface area contributed by atoms with E-state index in [0.717, 1.165) is 34.6 Å². The molecule has 1 amide bonds. The van der Waals surface area contributed by atoms with Crippen molar-refractivity contribution in [3.8, 4) is 22.4 Å². The molecular formula is C22H24FN5O. The topological polar surface area (TPSA) is 63.1 Å². The van der Waals surface area contributed by atoms with E-state index in [1.807, 2.05) is 37.6 Å². The lowest BCUT2D eigenvalue weighted by atomic mass is 9.89. The first-order valence-corrected chi connectivity index (χ1v) is 9.76. The van der Waals surface area contributed by atoms with Crippen LogP contribution in [0.5, 0.6) is 0 Å². The molecule has 4 rings (SSSR count). The Morgan fingerprint density at radius 3 is 2.45 bits per heavy atom. The second-order valence-corrected chi connectivity index (χ2v) is 7.84. The van der Waals surface area contributed by atoms with Gasteiger partial charge in [-0.05, 0) is 48.4 Å². The molecule has 6 nitrogen and oxygen atoms in total. The number of hydrazine groups is 1. The maximum absolute atomic E-state index is 13.4. The van der Waals surface area contributed by atoms with Gasteiger partial charge in [-0.2, -0.15) is 5.10 Å². The molecule has 1 aliphatic heterocycles. The molecule has 7 heteroatoms. The molecule has 3 heterocycles. The highest BCUT2D eigenvalue weighted by Gasteiger charge is 2.34. The summed E-state index contributed by atoms with van der Waals surface area (Å²) in [4.78, 5) is 17.1. The minimum absolute atomic E-state index is 0.0523. The number of nitrogens with zero attached hydrogens (tertiary/aromatic N) is 4. The number of benzene rings is 1. The van der Waals surface area contributed by atoms with Crippen LogP contribution in [-0.2, 0) is 11.3 Å². The molecule has 0 saturated carbocycles. The van der Waals surface area contributed by atoms with E-state index >= 15 is 0 Å². The van der Waals surface area contributed by atoms with E-state index in [9.17, 15) is 9.18 Å². The first-order valence-electron chi connectivity index (χ1n) is 9.76.